The zero-order valence-electron chi connectivity index (χ0n) is 12.5. The van der Waals surface area contributed by atoms with Crippen LogP contribution < -0.4 is 10.9 Å². The van der Waals surface area contributed by atoms with Crippen molar-refractivity contribution in [1.29, 1.82) is 0 Å². The van der Waals surface area contributed by atoms with Crippen LogP contribution in [0.1, 0.15) is 54.6 Å². The Kier molecular flexibility index (Phi) is 4.15. The number of aromatic nitrogens is 2. The van der Waals surface area contributed by atoms with Crippen molar-refractivity contribution in [3.8, 4) is 5.88 Å². The number of hydrogen-bond acceptors (Lipinski definition) is 5. The Hall–Kier alpha value is -1.89. The van der Waals surface area contributed by atoms with Crippen molar-refractivity contribution in [3.63, 3.8) is 0 Å². The normalized spacial score (nSPS) is 16.6. The molecule has 0 radical (unpaired) electrons. The number of amides is 1. The van der Waals surface area contributed by atoms with Gasteiger partial charge in [0.2, 0.25) is 5.88 Å². The van der Waals surface area contributed by atoms with Gasteiger partial charge in [-0.3, -0.25) is 14.0 Å². The van der Waals surface area contributed by atoms with Crippen LogP contribution in [0.3, 0.4) is 0 Å². The molecule has 118 valence electrons. The van der Waals surface area contributed by atoms with Crippen LogP contribution in [0, 0.1) is 6.92 Å². The Morgan fingerprint density at radius 1 is 1.36 bits per heavy atom. The minimum Gasteiger partial charge on any atom is -0.492 e. The molecule has 3 rings (SSSR count). The molecule has 2 aromatic rings. The minimum atomic E-state index is -0.526. The number of thiazole rings is 1. The van der Waals surface area contributed by atoms with E-state index >= 15 is 0 Å². The minimum absolute atomic E-state index is 0.0677. The van der Waals surface area contributed by atoms with Crippen LogP contribution in [0.15, 0.2) is 10.2 Å². The van der Waals surface area contributed by atoms with E-state index in [1.54, 1.807) is 12.3 Å². The van der Waals surface area contributed by atoms with Crippen LogP contribution in [0.2, 0.25) is 0 Å². The summed E-state index contributed by atoms with van der Waals surface area (Å²) < 4.78 is 1.37. The van der Waals surface area contributed by atoms with Gasteiger partial charge in [0.1, 0.15) is 0 Å². The van der Waals surface area contributed by atoms with Crippen LogP contribution in [-0.2, 0) is 0 Å². The lowest BCUT2D eigenvalue weighted by Gasteiger charge is -2.16. The van der Waals surface area contributed by atoms with Gasteiger partial charge in [-0.2, -0.15) is 4.98 Å². The number of aryl methyl sites for hydroxylation is 1. The fourth-order valence-corrected chi connectivity index (χ4v) is 3.80. The van der Waals surface area contributed by atoms with E-state index in [0.29, 0.717) is 10.7 Å². The van der Waals surface area contributed by atoms with Crippen molar-refractivity contribution in [2.75, 3.05) is 0 Å². The summed E-state index contributed by atoms with van der Waals surface area (Å²) in [5.74, 6) is -1.01. The monoisotopic (exact) mass is 321 g/mol. The third-order valence-corrected chi connectivity index (χ3v) is 5.08. The van der Waals surface area contributed by atoms with Crippen LogP contribution in [0.25, 0.3) is 4.96 Å². The molecule has 6 nitrogen and oxygen atoms in total. The van der Waals surface area contributed by atoms with Crippen molar-refractivity contribution in [2.45, 2.75) is 51.5 Å². The molecular formula is C15H19N3O3S. The van der Waals surface area contributed by atoms with Gasteiger partial charge in [-0.15, -0.1) is 11.3 Å². The second-order valence-corrected chi connectivity index (χ2v) is 6.61. The molecule has 0 spiro atoms. The van der Waals surface area contributed by atoms with E-state index < -0.39 is 17.3 Å². The van der Waals surface area contributed by atoms with Gasteiger partial charge < -0.3 is 10.4 Å². The number of hydrogen-bond donors (Lipinski definition) is 2. The van der Waals surface area contributed by atoms with E-state index in [0.717, 1.165) is 25.7 Å². The Labute approximate surface area is 131 Å². The van der Waals surface area contributed by atoms with E-state index in [9.17, 15) is 14.7 Å². The molecule has 0 bridgehead atoms. The maximum absolute atomic E-state index is 12.5. The number of carbonyl (C=O) groups is 1. The quantitative estimate of drug-likeness (QED) is 0.831. The molecular weight excluding hydrogens is 302 g/mol. The number of nitrogens with zero attached hydrogens (tertiary/aromatic N) is 2. The van der Waals surface area contributed by atoms with Gasteiger partial charge in [0.05, 0.1) is 0 Å². The Balaban J connectivity index is 1.93. The molecule has 1 saturated carbocycles. The molecule has 1 aliphatic rings. The fourth-order valence-electron chi connectivity index (χ4n) is 2.95. The maximum atomic E-state index is 12.5. The zero-order chi connectivity index (χ0) is 15.7. The molecule has 0 atom stereocenters. The number of aromatic hydroxyl groups is 1. The van der Waals surface area contributed by atoms with Crippen LogP contribution >= 0.6 is 11.3 Å². The van der Waals surface area contributed by atoms with E-state index in [1.165, 1.54) is 28.6 Å². The Bertz CT molecular complexity index is 757. The first-order chi connectivity index (χ1) is 10.6. The summed E-state index contributed by atoms with van der Waals surface area (Å²) >= 11 is 1.26. The van der Waals surface area contributed by atoms with Crippen molar-refractivity contribution < 1.29 is 9.90 Å². The number of fused-ring (bicyclic) bond motifs is 1. The summed E-state index contributed by atoms with van der Waals surface area (Å²) in [6, 6.07) is 0.0677. The highest BCUT2D eigenvalue weighted by molar-refractivity contribution is 7.15. The molecule has 2 aromatic heterocycles. The van der Waals surface area contributed by atoms with Gasteiger partial charge in [0.25, 0.3) is 11.5 Å². The van der Waals surface area contributed by atoms with Gasteiger partial charge in [-0.1, -0.05) is 25.7 Å². The molecule has 1 fully saturated rings. The summed E-state index contributed by atoms with van der Waals surface area (Å²) in [5.41, 5.74) is -0.0587. The summed E-state index contributed by atoms with van der Waals surface area (Å²) in [4.78, 5) is 29.3. The van der Waals surface area contributed by atoms with Crippen LogP contribution in [0.5, 0.6) is 5.88 Å². The lowest BCUT2D eigenvalue weighted by Crippen LogP contribution is -2.38. The van der Waals surface area contributed by atoms with Crippen LogP contribution in [-0.4, -0.2) is 26.4 Å². The van der Waals surface area contributed by atoms with Crippen molar-refractivity contribution in [1.82, 2.24) is 14.7 Å². The average Bonchev–Trinajstić information content (AvgIpc) is 2.68. The smallest absolute Gasteiger partial charge is 0.275 e. The van der Waals surface area contributed by atoms with Crippen LogP contribution in [0.4, 0.5) is 0 Å². The highest BCUT2D eigenvalue weighted by Crippen LogP contribution is 2.20. The molecule has 22 heavy (non-hydrogen) atoms. The first-order valence-electron chi connectivity index (χ1n) is 7.58. The van der Waals surface area contributed by atoms with E-state index in [-0.39, 0.29) is 11.6 Å². The first-order valence-corrected chi connectivity index (χ1v) is 8.46. The van der Waals surface area contributed by atoms with Crippen molar-refractivity contribution in [3.05, 3.63) is 27.0 Å². The summed E-state index contributed by atoms with van der Waals surface area (Å²) in [6.07, 6.45) is 6.36. The molecule has 1 amide bonds. The second-order valence-electron chi connectivity index (χ2n) is 5.77. The third-order valence-electron chi connectivity index (χ3n) is 4.14. The SMILES string of the molecule is Cc1csc2nc(O)c(C(=O)NC3CCCCCC3)c(=O)n12. The lowest BCUT2D eigenvalue weighted by atomic mass is 10.1. The summed E-state index contributed by atoms with van der Waals surface area (Å²) in [6.45, 7) is 1.77. The molecule has 0 aliphatic heterocycles. The predicted octanol–water partition coefficient (Wildman–Crippen LogP) is 2.22. The number of carbonyl (C=O) groups excluding carboxylic acids is 1. The maximum Gasteiger partial charge on any atom is 0.275 e. The fraction of sp³-hybridized carbons (Fsp3) is 0.533. The Morgan fingerprint density at radius 3 is 2.73 bits per heavy atom. The van der Waals surface area contributed by atoms with Gasteiger partial charge >= 0.3 is 0 Å². The molecule has 0 saturated heterocycles. The summed E-state index contributed by atoms with van der Waals surface area (Å²) in [5, 5.41) is 14.6. The third kappa shape index (κ3) is 2.72. The van der Waals surface area contributed by atoms with Gasteiger partial charge in [-0.25, -0.2) is 0 Å². The molecule has 0 aromatic carbocycles. The van der Waals surface area contributed by atoms with E-state index in [1.807, 2.05) is 0 Å². The first kappa shape index (κ1) is 15.0. The van der Waals surface area contributed by atoms with Gasteiger partial charge in [-0.05, 0) is 19.8 Å². The molecule has 2 N–H and O–H groups in total. The number of rotatable bonds is 2. The standard InChI is InChI=1S/C15H19N3O3S/c1-9-8-22-15-17-13(20)11(14(21)18(9)15)12(19)16-10-6-4-2-3-5-7-10/h8,10,20H,2-7H2,1H3,(H,16,19). The lowest BCUT2D eigenvalue weighted by molar-refractivity contribution is 0.0928. The van der Waals surface area contributed by atoms with Gasteiger partial charge in [0, 0.05) is 17.1 Å². The second kappa shape index (κ2) is 6.08. The average molecular weight is 321 g/mol. The molecule has 2 heterocycles. The summed E-state index contributed by atoms with van der Waals surface area (Å²) in [7, 11) is 0. The van der Waals surface area contributed by atoms with Gasteiger partial charge in [0.15, 0.2) is 10.5 Å². The van der Waals surface area contributed by atoms with E-state index in [2.05, 4.69) is 10.3 Å². The molecule has 7 heteroatoms. The predicted molar refractivity (Wildman–Crippen MR) is 84.7 cm³/mol. The zero-order valence-corrected chi connectivity index (χ0v) is 13.3. The topological polar surface area (TPSA) is 83.7 Å². The highest BCUT2D eigenvalue weighted by atomic mass is 32.1. The largest absolute Gasteiger partial charge is 0.492 e. The highest BCUT2D eigenvalue weighted by Gasteiger charge is 2.23. The number of nitrogens with one attached hydrogen (secondary N) is 1. The Morgan fingerprint density at radius 2 is 2.05 bits per heavy atom. The van der Waals surface area contributed by atoms with E-state index in [4.69, 9.17) is 0 Å². The van der Waals surface area contributed by atoms with Crippen molar-refractivity contribution in [2.24, 2.45) is 0 Å². The van der Waals surface area contributed by atoms with Crippen molar-refractivity contribution >= 4 is 22.2 Å². The molecule has 1 aliphatic carbocycles. The molecule has 0 unspecified atom stereocenters.